The van der Waals surface area contributed by atoms with Crippen LogP contribution in [0.15, 0.2) is 0 Å². The van der Waals surface area contributed by atoms with Crippen LogP contribution in [0.3, 0.4) is 0 Å². The minimum atomic E-state index is -3.17. The van der Waals surface area contributed by atoms with E-state index < -0.39 is 6.61 Å². The second kappa shape index (κ2) is 2.04. The molecular weight excluding hydrogens is 82.0 g/mol. The summed E-state index contributed by atoms with van der Waals surface area (Å²) in [6.07, 6.45) is 0. The van der Waals surface area contributed by atoms with Crippen molar-refractivity contribution in [3.8, 4) is 0 Å². The first-order valence-corrected chi connectivity index (χ1v) is 0.839. The predicted molar refractivity (Wildman–Crippen MR) is 7.78 cm³/mol. The molecule has 0 amide bonds. The largest absolute Gasteiger partial charge is 0.374 e. The molecule has 0 saturated carbocycles. The van der Waals surface area contributed by atoms with Gasteiger partial charge < -0.3 is 0 Å². The highest BCUT2D eigenvalue weighted by Crippen LogP contribution is 1.87. The first-order chi connectivity index (χ1) is 2.27. The van der Waals surface area contributed by atoms with Gasteiger partial charge in [0.2, 0.25) is 0 Å². The van der Waals surface area contributed by atoms with Crippen LogP contribution in [0.5, 0.6) is 0 Å². The minimum Gasteiger partial charge on any atom is -0.176 e. The van der Waals surface area contributed by atoms with E-state index in [1.54, 1.807) is 0 Å². The Bertz CT molecular complexity index is 21.6. The maximum atomic E-state index is 10.2. The van der Waals surface area contributed by atoms with Crippen molar-refractivity contribution in [3.05, 3.63) is 0 Å². The van der Waals surface area contributed by atoms with Gasteiger partial charge in [-0.05, 0) is 5.26 Å². The average molecular weight is 83.0 g/mol. The molecule has 0 N–H and O–H groups in total. The molecule has 0 aromatic heterocycles. The molecule has 0 saturated heterocycles. The monoisotopic (exact) mass is 83.0 g/mol. The quantitative estimate of drug-likeness (QED) is 0.336. The SMILES string of the molecule is [O]OC(F)F. The Labute approximate surface area is 26.9 Å². The molecule has 2 nitrogen and oxygen atoms in total. The first-order valence-electron chi connectivity index (χ1n) is 0.839. The van der Waals surface area contributed by atoms with Gasteiger partial charge in [-0.2, -0.15) is 8.78 Å². The zero-order valence-electron chi connectivity index (χ0n) is 2.15. The van der Waals surface area contributed by atoms with Gasteiger partial charge >= 0.3 is 6.61 Å². The van der Waals surface area contributed by atoms with E-state index in [0.717, 1.165) is 0 Å². The molecule has 4 heteroatoms. The summed E-state index contributed by atoms with van der Waals surface area (Å²) < 4.78 is 20.5. The Kier molecular flexibility index (Phi) is 1.95. The van der Waals surface area contributed by atoms with Gasteiger partial charge in [-0.15, -0.1) is 4.89 Å². The number of alkyl halides is 2. The van der Waals surface area contributed by atoms with E-state index in [1.807, 2.05) is 0 Å². The highest BCUT2D eigenvalue weighted by Gasteiger charge is 1.95. The van der Waals surface area contributed by atoms with Crippen molar-refractivity contribution in [1.82, 2.24) is 0 Å². The van der Waals surface area contributed by atoms with Crippen molar-refractivity contribution in [2.24, 2.45) is 0 Å². The zero-order chi connectivity index (χ0) is 4.28. The summed E-state index contributed by atoms with van der Waals surface area (Å²) in [6, 6.07) is 0. The standard InChI is InChI=1S/CHF2O2/c2-1(3)5-4/h1H. The number of rotatable bonds is 1. The van der Waals surface area contributed by atoms with Gasteiger partial charge in [0.05, 0.1) is 0 Å². The summed E-state index contributed by atoms with van der Waals surface area (Å²) in [5.41, 5.74) is 0. The van der Waals surface area contributed by atoms with Crippen molar-refractivity contribution in [2.45, 2.75) is 6.61 Å². The second-order valence-corrected chi connectivity index (χ2v) is 0.357. The molecule has 0 aliphatic carbocycles. The van der Waals surface area contributed by atoms with Gasteiger partial charge in [0.15, 0.2) is 0 Å². The maximum absolute atomic E-state index is 10.2. The fraction of sp³-hybridized carbons (Fsp3) is 1.00. The van der Waals surface area contributed by atoms with E-state index in [9.17, 15) is 8.78 Å². The summed E-state index contributed by atoms with van der Waals surface area (Å²) in [5.74, 6) is 0. The van der Waals surface area contributed by atoms with E-state index in [-0.39, 0.29) is 0 Å². The fourth-order valence-corrected chi connectivity index (χ4v) is 0. The van der Waals surface area contributed by atoms with Crippen molar-refractivity contribution in [2.75, 3.05) is 0 Å². The van der Waals surface area contributed by atoms with E-state index in [4.69, 9.17) is 5.26 Å². The highest BCUT2D eigenvalue weighted by atomic mass is 19.3. The third-order valence-corrected chi connectivity index (χ3v) is 0.0727. The lowest BCUT2D eigenvalue weighted by Gasteiger charge is -1.79. The lowest BCUT2D eigenvalue weighted by molar-refractivity contribution is -0.395. The molecular formula is CHF2O2. The second-order valence-electron chi connectivity index (χ2n) is 0.357. The van der Waals surface area contributed by atoms with E-state index in [1.165, 1.54) is 0 Å². The molecule has 0 bridgehead atoms. The molecule has 0 fully saturated rings. The van der Waals surface area contributed by atoms with Gasteiger partial charge in [-0.1, -0.05) is 0 Å². The molecule has 0 atom stereocenters. The minimum absolute atomic E-state index is 2.17. The van der Waals surface area contributed by atoms with E-state index >= 15 is 0 Å². The lowest BCUT2D eigenvalue weighted by atomic mass is 11.5. The topological polar surface area (TPSA) is 29.1 Å². The zero-order valence-corrected chi connectivity index (χ0v) is 2.15. The first kappa shape index (κ1) is 4.78. The van der Waals surface area contributed by atoms with Crippen LogP contribution in [-0.2, 0) is 10.1 Å². The van der Waals surface area contributed by atoms with Crippen LogP contribution in [-0.4, -0.2) is 6.61 Å². The summed E-state index contributed by atoms with van der Waals surface area (Å²) in [5, 5.41) is 8.38. The highest BCUT2D eigenvalue weighted by molar-refractivity contribution is 3.86. The van der Waals surface area contributed by atoms with Gasteiger partial charge in [0, 0.05) is 0 Å². The smallest absolute Gasteiger partial charge is 0.176 e. The van der Waals surface area contributed by atoms with Crippen molar-refractivity contribution >= 4 is 0 Å². The normalized spacial score (nSPS) is 9.60. The van der Waals surface area contributed by atoms with Gasteiger partial charge in [0.1, 0.15) is 0 Å². The predicted octanol–water partition coefficient (Wildman–Crippen LogP) is 0.571. The molecule has 0 unspecified atom stereocenters. The van der Waals surface area contributed by atoms with Crippen molar-refractivity contribution in [3.63, 3.8) is 0 Å². The fourth-order valence-electron chi connectivity index (χ4n) is 0. The van der Waals surface area contributed by atoms with Gasteiger partial charge in [-0.25, -0.2) is 0 Å². The molecule has 0 aromatic carbocycles. The van der Waals surface area contributed by atoms with Crippen LogP contribution in [0.25, 0.3) is 0 Å². The number of hydrogen-bond donors (Lipinski definition) is 0. The molecule has 0 rings (SSSR count). The Morgan fingerprint density at radius 2 is 1.80 bits per heavy atom. The van der Waals surface area contributed by atoms with E-state index in [2.05, 4.69) is 4.89 Å². The molecule has 0 aromatic rings. The van der Waals surface area contributed by atoms with E-state index in [0.29, 0.717) is 0 Å². The van der Waals surface area contributed by atoms with Crippen LogP contribution in [0.2, 0.25) is 0 Å². The third-order valence-electron chi connectivity index (χ3n) is 0.0727. The Morgan fingerprint density at radius 3 is 1.80 bits per heavy atom. The van der Waals surface area contributed by atoms with Crippen molar-refractivity contribution in [1.29, 1.82) is 0 Å². The summed E-state index contributed by atoms with van der Waals surface area (Å²) in [4.78, 5) is 2.17. The van der Waals surface area contributed by atoms with Gasteiger partial charge in [-0.3, -0.25) is 0 Å². The maximum Gasteiger partial charge on any atom is 0.374 e. The number of hydrogen-bond acceptors (Lipinski definition) is 1. The Balaban J connectivity index is 2.54. The molecule has 0 spiro atoms. The summed E-state index contributed by atoms with van der Waals surface area (Å²) >= 11 is 0. The molecule has 0 aliphatic rings. The molecule has 0 aliphatic heterocycles. The molecule has 0 heterocycles. The summed E-state index contributed by atoms with van der Waals surface area (Å²) in [6.45, 7) is -3.17. The number of halogens is 2. The van der Waals surface area contributed by atoms with Crippen LogP contribution in [0.1, 0.15) is 0 Å². The van der Waals surface area contributed by atoms with Gasteiger partial charge in [0.25, 0.3) is 0 Å². The Morgan fingerprint density at radius 1 is 1.60 bits per heavy atom. The van der Waals surface area contributed by atoms with Crippen LogP contribution < -0.4 is 0 Å². The Hall–Kier alpha value is -0.220. The molecule has 5 heavy (non-hydrogen) atoms. The molecule has 1 radical (unpaired) electrons. The molecule has 31 valence electrons. The van der Waals surface area contributed by atoms with Crippen LogP contribution >= 0.6 is 0 Å². The summed E-state index contributed by atoms with van der Waals surface area (Å²) in [7, 11) is 0. The van der Waals surface area contributed by atoms with Crippen LogP contribution in [0, 0.1) is 0 Å². The third kappa shape index (κ3) is 3.78. The lowest BCUT2D eigenvalue weighted by Crippen LogP contribution is -1.88. The average Bonchev–Trinajstić information content (AvgIpc) is 1.38. The van der Waals surface area contributed by atoms with Crippen LogP contribution in [0.4, 0.5) is 8.78 Å². The van der Waals surface area contributed by atoms with Crippen molar-refractivity contribution < 1.29 is 18.9 Å².